The van der Waals surface area contributed by atoms with Crippen molar-refractivity contribution in [2.45, 2.75) is 31.7 Å². The van der Waals surface area contributed by atoms with Crippen LogP contribution in [0.3, 0.4) is 0 Å². The van der Waals surface area contributed by atoms with Crippen molar-refractivity contribution in [3.63, 3.8) is 0 Å². The molecule has 7 heteroatoms. The third-order valence-corrected chi connectivity index (χ3v) is 4.53. The Labute approximate surface area is 129 Å². The quantitative estimate of drug-likeness (QED) is 0.789. The lowest BCUT2D eigenvalue weighted by Gasteiger charge is -2.47. The van der Waals surface area contributed by atoms with E-state index in [4.69, 9.17) is 9.47 Å². The second kappa shape index (κ2) is 5.38. The van der Waals surface area contributed by atoms with E-state index in [1.54, 1.807) is 0 Å². The minimum Gasteiger partial charge on any atom is -0.375 e. The summed E-state index contributed by atoms with van der Waals surface area (Å²) in [5, 5.41) is 17.7. The van der Waals surface area contributed by atoms with E-state index in [9.17, 15) is 5.26 Å². The number of morpholine rings is 2. The van der Waals surface area contributed by atoms with Gasteiger partial charge in [-0.3, -0.25) is 0 Å². The summed E-state index contributed by atoms with van der Waals surface area (Å²) in [6.07, 6.45) is 1.95. The van der Waals surface area contributed by atoms with Crippen LogP contribution < -0.4 is 9.80 Å². The summed E-state index contributed by atoms with van der Waals surface area (Å²) < 4.78 is 11.2. The predicted octanol–water partition coefficient (Wildman–Crippen LogP) is 0.551. The maximum Gasteiger partial charge on any atom is 0.186 e. The number of anilines is 2. The van der Waals surface area contributed by atoms with Crippen molar-refractivity contribution in [1.29, 1.82) is 5.26 Å². The molecule has 5 rings (SSSR count). The molecule has 0 amide bonds. The number of ether oxygens (including phenoxy) is 2. The van der Waals surface area contributed by atoms with E-state index in [0.29, 0.717) is 24.5 Å². The van der Waals surface area contributed by atoms with Gasteiger partial charge in [-0.25, -0.2) is 0 Å². The molecule has 0 saturated carbocycles. The second-order valence-electron chi connectivity index (χ2n) is 6.20. The molecular weight excluding hydrogens is 282 g/mol. The maximum atomic E-state index is 9.32. The lowest BCUT2D eigenvalue weighted by atomic mass is 9.99. The van der Waals surface area contributed by atoms with Gasteiger partial charge >= 0.3 is 0 Å². The van der Waals surface area contributed by atoms with Gasteiger partial charge in [0.2, 0.25) is 0 Å². The number of aromatic nitrogens is 2. The molecule has 7 nitrogen and oxygen atoms in total. The maximum absolute atomic E-state index is 9.32. The number of nitriles is 1. The number of fused-ring (bicyclic) bond motifs is 2. The fraction of sp³-hybridized carbons (Fsp3) is 0.667. The van der Waals surface area contributed by atoms with Gasteiger partial charge in [0.1, 0.15) is 6.07 Å². The van der Waals surface area contributed by atoms with E-state index in [1.165, 1.54) is 0 Å². The van der Waals surface area contributed by atoms with Gasteiger partial charge in [-0.15, -0.1) is 10.2 Å². The highest BCUT2D eigenvalue weighted by Crippen LogP contribution is 2.32. The average molecular weight is 301 g/mol. The molecule has 116 valence electrons. The van der Waals surface area contributed by atoms with Crippen LogP contribution in [0.5, 0.6) is 0 Å². The number of hydrogen-bond donors (Lipinski definition) is 0. The highest BCUT2D eigenvalue weighted by Gasteiger charge is 2.39. The van der Waals surface area contributed by atoms with Crippen LogP contribution in [0.15, 0.2) is 6.07 Å². The van der Waals surface area contributed by atoms with Gasteiger partial charge in [0.05, 0.1) is 30.6 Å². The number of piperidine rings is 1. The van der Waals surface area contributed by atoms with Gasteiger partial charge in [0.15, 0.2) is 11.5 Å². The van der Waals surface area contributed by atoms with E-state index >= 15 is 0 Å². The Morgan fingerprint density at radius 1 is 1.23 bits per heavy atom. The van der Waals surface area contributed by atoms with Gasteiger partial charge < -0.3 is 19.3 Å². The normalized spacial score (nSPS) is 30.6. The van der Waals surface area contributed by atoms with Crippen LogP contribution in [-0.2, 0) is 9.47 Å². The largest absolute Gasteiger partial charge is 0.375 e. The standard InChI is InChI=1S/C15H19N5O2/c1-10-7-19(2-3-21-10)14-5-15(18-17-13(14)6-16)20-8-11-4-12(9-20)22-11/h5,10-12H,2-4,7-9H2,1H3. The first kappa shape index (κ1) is 13.7. The molecule has 0 aromatic carbocycles. The Kier molecular flexibility index (Phi) is 3.36. The van der Waals surface area contributed by atoms with Gasteiger partial charge in [-0.2, -0.15) is 5.26 Å². The van der Waals surface area contributed by atoms with E-state index < -0.39 is 0 Å². The molecule has 0 aliphatic carbocycles. The highest BCUT2D eigenvalue weighted by atomic mass is 16.5. The van der Waals surface area contributed by atoms with Crippen LogP contribution in [0, 0.1) is 11.3 Å². The molecule has 0 spiro atoms. The molecule has 1 aromatic heterocycles. The zero-order valence-electron chi connectivity index (χ0n) is 12.6. The summed E-state index contributed by atoms with van der Waals surface area (Å²) >= 11 is 0. The van der Waals surface area contributed by atoms with Gasteiger partial charge in [0, 0.05) is 38.7 Å². The predicted molar refractivity (Wildman–Crippen MR) is 79.9 cm³/mol. The van der Waals surface area contributed by atoms with Crippen molar-refractivity contribution in [3.05, 3.63) is 11.8 Å². The van der Waals surface area contributed by atoms with Crippen LogP contribution in [0.4, 0.5) is 11.5 Å². The summed E-state index contributed by atoms with van der Waals surface area (Å²) in [6.45, 7) is 5.98. The molecule has 0 N–H and O–H groups in total. The zero-order chi connectivity index (χ0) is 15.1. The molecule has 4 aliphatic rings. The molecule has 2 bridgehead atoms. The van der Waals surface area contributed by atoms with Crippen LogP contribution in [0.25, 0.3) is 0 Å². The molecule has 4 saturated heterocycles. The Morgan fingerprint density at radius 3 is 2.68 bits per heavy atom. The van der Waals surface area contributed by atoms with Crippen LogP contribution in [0.2, 0.25) is 0 Å². The Balaban J connectivity index is 1.61. The molecular formula is C15H19N5O2. The molecule has 0 radical (unpaired) electrons. The van der Waals surface area contributed by atoms with Crippen LogP contribution >= 0.6 is 0 Å². The summed E-state index contributed by atoms with van der Waals surface area (Å²) in [5.41, 5.74) is 1.25. The molecule has 5 heterocycles. The van der Waals surface area contributed by atoms with Gasteiger partial charge in [0.25, 0.3) is 0 Å². The van der Waals surface area contributed by atoms with Crippen molar-refractivity contribution < 1.29 is 9.47 Å². The van der Waals surface area contributed by atoms with Crippen molar-refractivity contribution in [3.8, 4) is 6.07 Å². The summed E-state index contributed by atoms with van der Waals surface area (Å²) in [6, 6.07) is 4.15. The van der Waals surface area contributed by atoms with E-state index in [2.05, 4.69) is 26.1 Å². The molecule has 1 aromatic rings. The van der Waals surface area contributed by atoms with Crippen LogP contribution in [0.1, 0.15) is 19.0 Å². The van der Waals surface area contributed by atoms with Crippen molar-refractivity contribution in [2.75, 3.05) is 42.6 Å². The zero-order valence-corrected chi connectivity index (χ0v) is 12.6. The number of rotatable bonds is 2. The van der Waals surface area contributed by atoms with Crippen molar-refractivity contribution in [1.82, 2.24) is 10.2 Å². The summed E-state index contributed by atoms with van der Waals surface area (Å²) in [7, 11) is 0. The van der Waals surface area contributed by atoms with E-state index in [1.807, 2.05) is 13.0 Å². The van der Waals surface area contributed by atoms with E-state index in [-0.39, 0.29) is 6.10 Å². The van der Waals surface area contributed by atoms with Gasteiger partial charge in [-0.05, 0) is 6.92 Å². The van der Waals surface area contributed by atoms with Gasteiger partial charge in [-0.1, -0.05) is 0 Å². The first-order valence-corrected chi connectivity index (χ1v) is 7.77. The molecule has 4 fully saturated rings. The monoisotopic (exact) mass is 301 g/mol. The molecule has 3 atom stereocenters. The molecule has 3 unspecified atom stereocenters. The van der Waals surface area contributed by atoms with Crippen molar-refractivity contribution in [2.24, 2.45) is 0 Å². The lowest BCUT2D eigenvalue weighted by molar-refractivity contribution is -0.133. The smallest absolute Gasteiger partial charge is 0.186 e. The fourth-order valence-electron chi connectivity index (χ4n) is 3.43. The molecule has 22 heavy (non-hydrogen) atoms. The summed E-state index contributed by atoms with van der Waals surface area (Å²) in [4.78, 5) is 4.38. The minimum atomic E-state index is 0.160. The number of hydrogen-bond acceptors (Lipinski definition) is 7. The average Bonchev–Trinajstić information content (AvgIpc) is 2.54. The Morgan fingerprint density at radius 2 is 2.00 bits per heavy atom. The Bertz CT molecular complexity index is 600. The fourth-order valence-corrected chi connectivity index (χ4v) is 3.43. The van der Waals surface area contributed by atoms with E-state index in [0.717, 1.165) is 44.1 Å². The topological polar surface area (TPSA) is 74.5 Å². The summed E-state index contributed by atoms with van der Waals surface area (Å²) in [5.74, 6) is 0.839. The molecule has 4 aliphatic heterocycles. The second-order valence-corrected chi connectivity index (χ2v) is 6.20. The SMILES string of the molecule is CC1CN(c2cc(N3CC4CC(C3)O4)nnc2C#N)CCO1. The third kappa shape index (κ3) is 2.38. The first-order valence-electron chi connectivity index (χ1n) is 7.77. The minimum absolute atomic E-state index is 0.160. The first-order chi connectivity index (χ1) is 10.7. The third-order valence-electron chi connectivity index (χ3n) is 4.53. The highest BCUT2D eigenvalue weighted by molar-refractivity contribution is 5.61. The van der Waals surface area contributed by atoms with Crippen LogP contribution in [-0.4, -0.2) is 61.3 Å². The number of nitrogens with zero attached hydrogens (tertiary/aromatic N) is 5. The Hall–Kier alpha value is -1.91. The lowest BCUT2D eigenvalue weighted by Crippen LogP contribution is -2.57. The van der Waals surface area contributed by atoms with Crippen molar-refractivity contribution >= 4 is 11.5 Å².